The van der Waals surface area contributed by atoms with Crippen molar-refractivity contribution in [3.63, 3.8) is 0 Å². The van der Waals surface area contributed by atoms with E-state index in [-0.39, 0.29) is 17.1 Å². The summed E-state index contributed by atoms with van der Waals surface area (Å²) in [6, 6.07) is 5.45. The highest BCUT2D eigenvalue weighted by Gasteiger charge is 2.57. The third kappa shape index (κ3) is 7.20. The molecule has 1 aromatic rings. The van der Waals surface area contributed by atoms with Gasteiger partial charge in [0.2, 0.25) is 16.4 Å². The average Bonchev–Trinajstić information content (AvgIpc) is 3.45. The summed E-state index contributed by atoms with van der Waals surface area (Å²) >= 11 is 0. The van der Waals surface area contributed by atoms with Crippen LogP contribution in [0.15, 0.2) is 59.0 Å². The monoisotopic (exact) mass is 683 g/mol. The minimum absolute atomic E-state index is 0.0917. The van der Waals surface area contributed by atoms with Crippen molar-refractivity contribution in [3.8, 4) is 0 Å². The van der Waals surface area contributed by atoms with Gasteiger partial charge in [-0.3, -0.25) is 9.56 Å². The molecule has 0 radical (unpaired) electrons. The summed E-state index contributed by atoms with van der Waals surface area (Å²) in [6.45, 7) is -1.22. The van der Waals surface area contributed by atoms with E-state index in [2.05, 4.69) is 5.43 Å². The zero-order chi connectivity index (χ0) is 33.0. The lowest BCUT2D eigenvalue weighted by Crippen LogP contribution is -2.52. The molecule has 1 aliphatic heterocycles. The fraction of sp³-hybridized carbons (Fsp3) is 0.520. The SMILES string of the molecule is C[C@H]1C2=CNN(c3ccc(F)cc3)C2=CC2=C1[C@@H](CN(CC(C(F)F)C(C(F)(F)F)S(=O)(=O)O)S(=O)(=O)CC(F)(F)F)CC2. The Morgan fingerprint density at radius 2 is 1.68 bits per heavy atom. The van der Waals surface area contributed by atoms with Crippen molar-refractivity contribution in [2.24, 2.45) is 17.8 Å². The predicted octanol–water partition coefficient (Wildman–Crippen LogP) is 5.17. The highest BCUT2D eigenvalue weighted by atomic mass is 32.2. The van der Waals surface area contributed by atoms with E-state index in [1.54, 1.807) is 24.2 Å². The van der Waals surface area contributed by atoms with E-state index in [1.807, 2.05) is 0 Å². The van der Waals surface area contributed by atoms with Crippen molar-refractivity contribution >= 4 is 25.8 Å². The lowest BCUT2D eigenvalue weighted by Gasteiger charge is -2.34. The van der Waals surface area contributed by atoms with E-state index in [1.165, 1.54) is 24.3 Å². The van der Waals surface area contributed by atoms with Gasteiger partial charge < -0.3 is 5.43 Å². The van der Waals surface area contributed by atoms with Crippen molar-refractivity contribution in [2.75, 3.05) is 23.9 Å². The molecule has 2 unspecified atom stereocenters. The molecule has 4 rings (SSSR count). The largest absolute Gasteiger partial charge is 0.408 e. The Morgan fingerprint density at radius 3 is 2.20 bits per heavy atom. The van der Waals surface area contributed by atoms with Crippen molar-refractivity contribution in [1.29, 1.82) is 0 Å². The molecule has 0 saturated carbocycles. The molecule has 4 atom stereocenters. The molecule has 3 aliphatic rings. The maximum absolute atomic E-state index is 13.9. The van der Waals surface area contributed by atoms with E-state index in [4.69, 9.17) is 4.55 Å². The Balaban J connectivity index is 1.71. The molecule has 1 heterocycles. The number of rotatable bonds is 10. The van der Waals surface area contributed by atoms with Crippen LogP contribution in [0.5, 0.6) is 0 Å². The fourth-order valence-electron chi connectivity index (χ4n) is 5.93. The van der Waals surface area contributed by atoms with E-state index >= 15 is 0 Å². The number of sulfonamides is 1. The van der Waals surface area contributed by atoms with Gasteiger partial charge in [0.1, 0.15) is 5.82 Å². The van der Waals surface area contributed by atoms with Gasteiger partial charge in [0, 0.05) is 30.8 Å². The molecule has 44 heavy (non-hydrogen) atoms. The molecule has 246 valence electrons. The Labute approximate surface area is 246 Å². The van der Waals surface area contributed by atoms with Crippen LogP contribution in [-0.4, -0.2) is 68.6 Å². The zero-order valence-corrected chi connectivity index (χ0v) is 24.2. The molecule has 0 bridgehead atoms. The number of allylic oxidation sites excluding steroid dienone is 3. The first-order chi connectivity index (χ1) is 20.1. The first kappa shape index (κ1) is 34.1. The van der Waals surface area contributed by atoms with Crippen LogP contribution in [-0.2, 0) is 20.1 Å². The molecule has 0 aromatic heterocycles. The first-order valence-electron chi connectivity index (χ1n) is 12.9. The van der Waals surface area contributed by atoms with E-state index in [0.29, 0.717) is 28.1 Å². The summed E-state index contributed by atoms with van der Waals surface area (Å²) in [4.78, 5) is 0. The van der Waals surface area contributed by atoms with Gasteiger partial charge in [0.15, 0.2) is 11.0 Å². The van der Waals surface area contributed by atoms with Gasteiger partial charge in [0.05, 0.1) is 17.3 Å². The Kier molecular flexibility index (Phi) is 9.20. The molecule has 8 nitrogen and oxygen atoms in total. The van der Waals surface area contributed by atoms with Gasteiger partial charge in [0.25, 0.3) is 10.1 Å². The molecule has 2 aliphatic carbocycles. The predicted molar refractivity (Wildman–Crippen MR) is 139 cm³/mol. The standard InChI is InChI=1S/C25H26F9N3O5S2/c1-13-18-9-35-37(17-6-4-16(26)5-7-17)20(18)8-14-2-3-15(21(13)14)10-36(43(38,39)12-24(29,30)31)11-19(23(27)28)22(25(32,33)34)44(40,41)42/h4-9,13,15,19,22-23,35H,2-3,10-12H2,1H3,(H,40,41,42)/t13-,15+,19?,22?/m0/s1. The van der Waals surface area contributed by atoms with E-state index in [9.17, 15) is 56.3 Å². The number of halogens is 9. The molecule has 2 N–H and O–H groups in total. The van der Waals surface area contributed by atoms with Crippen LogP contribution in [0, 0.1) is 23.6 Å². The zero-order valence-electron chi connectivity index (χ0n) is 22.6. The lowest BCUT2D eigenvalue weighted by atomic mass is 9.80. The van der Waals surface area contributed by atoms with E-state index in [0.717, 1.165) is 0 Å². The van der Waals surface area contributed by atoms with Gasteiger partial charge in [-0.15, -0.1) is 0 Å². The van der Waals surface area contributed by atoms with Crippen LogP contribution in [0.25, 0.3) is 0 Å². The molecule has 19 heteroatoms. The van der Waals surface area contributed by atoms with Crippen molar-refractivity contribution in [1.82, 2.24) is 9.73 Å². The highest BCUT2D eigenvalue weighted by molar-refractivity contribution is 7.89. The quantitative estimate of drug-likeness (QED) is 0.259. The summed E-state index contributed by atoms with van der Waals surface area (Å²) < 4.78 is 179. The number of benzene rings is 1. The van der Waals surface area contributed by atoms with Gasteiger partial charge in [-0.25, -0.2) is 25.9 Å². The van der Waals surface area contributed by atoms with Crippen molar-refractivity contribution < 1.29 is 60.9 Å². The minimum Gasteiger partial charge on any atom is -0.301 e. The maximum atomic E-state index is 13.9. The van der Waals surface area contributed by atoms with Crippen LogP contribution in [0.4, 0.5) is 45.2 Å². The van der Waals surface area contributed by atoms with Crippen molar-refractivity contribution in [2.45, 2.75) is 43.8 Å². The van der Waals surface area contributed by atoms with Gasteiger partial charge in [-0.1, -0.05) is 12.5 Å². The molecule has 0 amide bonds. The number of hydrogen-bond donors (Lipinski definition) is 2. The summed E-state index contributed by atoms with van der Waals surface area (Å²) in [5.74, 6) is -7.97. The second-order valence-corrected chi connectivity index (χ2v) is 14.2. The molecule has 0 spiro atoms. The first-order valence-corrected chi connectivity index (χ1v) is 16.0. The van der Waals surface area contributed by atoms with Gasteiger partial charge in [-0.05, 0) is 54.7 Å². The minimum atomic E-state index is -6.29. The molecule has 0 fully saturated rings. The van der Waals surface area contributed by atoms with E-state index < -0.39 is 86.6 Å². The number of nitrogens with zero attached hydrogens (tertiary/aromatic N) is 2. The topological polar surface area (TPSA) is 107 Å². The molecular formula is C25H26F9N3O5S2. The number of alkyl halides is 8. The van der Waals surface area contributed by atoms with Crippen LogP contribution >= 0.6 is 0 Å². The summed E-state index contributed by atoms with van der Waals surface area (Å²) in [7, 11) is -11.9. The number of nitrogens with one attached hydrogen (secondary N) is 1. The number of hydrazine groups is 1. The second-order valence-electron chi connectivity index (χ2n) is 10.7. The molecular weight excluding hydrogens is 657 g/mol. The summed E-state index contributed by atoms with van der Waals surface area (Å²) in [5.41, 5.74) is 5.96. The average molecular weight is 684 g/mol. The molecule has 1 aromatic carbocycles. The van der Waals surface area contributed by atoms with Crippen LogP contribution < -0.4 is 10.4 Å². The number of fused-ring (bicyclic) bond motifs is 1. The third-order valence-corrected chi connectivity index (χ3v) is 10.8. The second kappa shape index (κ2) is 11.9. The van der Waals surface area contributed by atoms with Crippen LogP contribution in [0.3, 0.4) is 0 Å². The normalized spacial score (nSPS) is 22.5. The Bertz CT molecular complexity index is 1570. The number of anilines is 1. The lowest BCUT2D eigenvalue weighted by molar-refractivity contribution is -0.153. The summed E-state index contributed by atoms with van der Waals surface area (Å²) in [6.07, 6.45) is -12.0. The highest BCUT2D eigenvalue weighted by Crippen LogP contribution is 2.48. The maximum Gasteiger partial charge on any atom is 0.408 e. The fourth-order valence-corrected chi connectivity index (χ4v) is 8.31. The van der Waals surface area contributed by atoms with Gasteiger partial charge >= 0.3 is 12.4 Å². The molecule has 0 saturated heterocycles. The van der Waals surface area contributed by atoms with Gasteiger partial charge in [-0.2, -0.15) is 34.8 Å². The Morgan fingerprint density at radius 1 is 1.07 bits per heavy atom. The third-order valence-electron chi connectivity index (χ3n) is 7.72. The summed E-state index contributed by atoms with van der Waals surface area (Å²) in [5, 5.41) is -2.54. The van der Waals surface area contributed by atoms with Crippen LogP contribution in [0.1, 0.15) is 19.8 Å². The number of hydrogen-bond acceptors (Lipinski definition) is 6. The smallest absolute Gasteiger partial charge is 0.301 e. The Hall–Kier alpha value is -2.77. The van der Waals surface area contributed by atoms with Crippen LogP contribution in [0.2, 0.25) is 0 Å². The van der Waals surface area contributed by atoms with Crippen molar-refractivity contribution in [3.05, 3.63) is 64.8 Å².